The largest absolute Gasteiger partial charge is 0.346 e. The molecule has 0 aliphatic rings. The number of carbonyl (C=O) groups is 1. The van der Waals surface area contributed by atoms with Gasteiger partial charge in [0.2, 0.25) is 5.91 Å². The summed E-state index contributed by atoms with van der Waals surface area (Å²) < 4.78 is 0. The molecule has 0 radical (unpaired) electrons. The maximum absolute atomic E-state index is 12.0. The standard InChI is InChI=1S/C12H21N3OS/c1-5-6-12(4,13)11(16)15-9(3)10-14-7-8(2)17-10/h7,9H,5-6,13H2,1-4H3,(H,15,16). The van der Waals surface area contributed by atoms with E-state index >= 15 is 0 Å². The molecule has 17 heavy (non-hydrogen) atoms. The highest BCUT2D eigenvalue weighted by molar-refractivity contribution is 7.11. The van der Waals surface area contributed by atoms with Gasteiger partial charge in [-0.1, -0.05) is 13.3 Å². The lowest BCUT2D eigenvalue weighted by atomic mass is 9.96. The minimum atomic E-state index is -0.796. The van der Waals surface area contributed by atoms with E-state index in [1.807, 2.05) is 27.0 Å². The first-order valence-corrected chi connectivity index (χ1v) is 6.70. The lowest BCUT2D eigenvalue weighted by Crippen LogP contribution is -2.51. The van der Waals surface area contributed by atoms with Gasteiger partial charge < -0.3 is 11.1 Å². The second-order valence-electron chi connectivity index (χ2n) is 4.67. The Bertz CT molecular complexity index is 387. The lowest BCUT2D eigenvalue weighted by molar-refractivity contribution is -0.126. The highest BCUT2D eigenvalue weighted by Gasteiger charge is 2.28. The van der Waals surface area contributed by atoms with Crippen molar-refractivity contribution < 1.29 is 4.79 Å². The number of thiazole rings is 1. The Hall–Kier alpha value is -0.940. The van der Waals surface area contributed by atoms with Gasteiger partial charge in [-0.15, -0.1) is 11.3 Å². The quantitative estimate of drug-likeness (QED) is 0.847. The number of rotatable bonds is 5. The number of aromatic nitrogens is 1. The van der Waals surface area contributed by atoms with E-state index in [1.165, 1.54) is 0 Å². The van der Waals surface area contributed by atoms with Crippen LogP contribution in [0.3, 0.4) is 0 Å². The number of hydrogen-bond donors (Lipinski definition) is 2. The van der Waals surface area contributed by atoms with Crippen molar-refractivity contribution >= 4 is 17.2 Å². The molecule has 1 rings (SSSR count). The Balaban J connectivity index is 2.63. The Morgan fingerprint density at radius 3 is 2.82 bits per heavy atom. The van der Waals surface area contributed by atoms with Crippen LogP contribution in [0.25, 0.3) is 0 Å². The SMILES string of the molecule is CCCC(C)(N)C(=O)NC(C)c1ncc(C)s1. The first-order valence-electron chi connectivity index (χ1n) is 5.89. The molecular formula is C12H21N3OS. The number of nitrogens with zero attached hydrogens (tertiary/aromatic N) is 1. The highest BCUT2D eigenvalue weighted by atomic mass is 32.1. The van der Waals surface area contributed by atoms with E-state index in [2.05, 4.69) is 10.3 Å². The number of aryl methyl sites for hydroxylation is 1. The predicted molar refractivity (Wildman–Crippen MR) is 70.9 cm³/mol. The van der Waals surface area contributed by atoms with Crippen LogP contribution in [0.5, 0.6) is 0 Å². The normalized spacial score (nSPS) is 16.3. The Kier molecular flexibility index (Phi) is 4.65. The van der Waals surface area contributed by atoms with Gasteiger partial charge in [-0.3, -0.25) is 4.79 Å². The van der Waals surface area contributed by atoms with Gasteiger partial charge in [0, 0.05) is 11.1 Å². The molecule has 1 amide bonds. The first-order chi connectivity index (χ1) is 7.86. The first kappa shape index (κ1) is 14.1. The van der Waals surface area contributed by atoms with Gasteiger partial charge in [0.25, 0.3) is 0 Å². The lowest BCUT2D eigenvalue weighted by Gasteiger charge is -2.24. The van der Waals surface area contributed by atoms with Crippen LogP contribution < -0.4 is 11.1 Å². The van der Waals surface area contributed by atoms with Crippen molar-refractivity contribution in [3.05, 3.63) is 16.1 Å². The Morgan fingerprint density at radius 2 is 2.35 bits per heavy atom. The van der Waals surface area contributed by atoms with Gasteiger partial charge in [0.1, 0.15) is 5.01 Å². The van der Waals surface area contributed by atoms with E-state index in [1.54, 1.807) is 18.3 Å². The fraction of sp³-hybridized carbons (Fsp3) is 0.667. The molecular weight excluding hydrogens is 234 g/mol. The molecule has 4 nitrogen and oxygen atoms in total. The average molecular weight is 255 g/mol. The number of amides is 1. The number of nitrogens with two attached hydrogens (primary N) is 1. The van der Waals surface area contributed by atoms with Gasteiger partial charge in [-0.25, -0.2) is 4.98 Å². The van der Waals surface area contributed by atoms with E-state index < -0.39 is 5.54 Å². The summed E-state index contributed by atoms with van der Waals surface area (Å²) in [6, 6.07) is -0.0825. The fourth-order valence-electron chi connectivity index (χ4n) is 1.63. The van der Waals surface area contributed by atoms with E-state index in [0.29, 0.717) is 6.42 Å². The molecule has 0 aliphatic heterocycles. The maximum Gasteiger partial charge on any atom is 0.240 e. The van der Waals surface area contributed by atoms with E-state index in [9.17, 15) is 4.79 Å². The van der Waals surface area contributed by atoms with E-state index in [-0.39, 0.29) is 11.9 Å². The zero-order valence-corrected chi connectivity index (χ0v) is 11.7. The zero-order chi connectivity index (χ0) is 13.1. The molecule has 0 aliphatic carbocycles. The molecule has 0 bridgehead atoms. The van der Waals surface area contributed by atoms with Crippen molar-refractivity contribution in [2.45, 2.75) is 52.1 Å². The van der Waals surface area contributed by atoms with Crippen LogP contribution in [0, 0.1) is 6.92 Å². The van der Waals surface area contributed by atoms with Crippen molar-refractivity contribution in [2.75, 3.05) is 0 Å². The molecule has 3 N–H and O–H groups in total. The van der Waals surface area contributed by atoms with Gasteiger partial charge >= 0.3 is 0 Å². The van der Waals surface area contributed by atoms with Gasteiger partial charge in [-0.05, 0) is 27.2 Å². The van der Waals surface area contributed by atoms with Crippen molar-refractivity contribution in [2.24, 2.45) is 5.73 Å². The third-order valence-electron chi connectivity index (χ3n) is 2.65. The smallest absolute Gasteiger partial charge is 0.240 e. The molecule has 0 spiro atoms. The second kappa shape index (κ2) is 5.60. The van der Waals surface area contributed by atoms with Crippen LogP contribution in [0.15, 0.2) is 6.20 Å². The average Bonchev–Trinajstić information content (AvgIpc) is 2.64. The summed E-state index contributed by atoms with van der Waals surface area (Å²) in [6.45, 7) is 7.72. The maximum atomic E-state index is 12.0. The minimum Gasteiger partial charge on any atom is -0.346 e. The van der Waals surface area contributed by atoms with Gasteiger partial charge in [-0.2, -0.15) is 0 Å². The molecule has 0 saturated carbocycles. The highest BCUT2D eigenvalue weighted by Crippen LogP contribution is 2.20. The van der Waals surface area contributed by atoms with Crippen molar-refractivity contribution in [3.8, 4) is 0 Å². The molecule has 5 heteroatoms. The van der Waals surface area contributed by atoms with Crippen molar-refractivity contribution in [1.82, 2.24) is 10.3 Å². The number of hydrogen-bond acceptors (Lipinski definition) is 4. The van der Waals surface area contributed by atoms with Gasteiger partial charge in [0.15, 0.2) is 0 Å². The van der Waals surface area contributed by atoms with Crippen molar-refractivity contribution in [3.63, 3.8) is 0 Å². The van der Waals surface area contributed by atoms with E-state index in [4.69, 9.17) is 5.73 Å². The summed E-state index contributed by atoms with van der Waals surface area (Å²) in [4.78, 5) is 17.4. The number of carbonyl (C=O) groups excluding carboxylic acids is 1. The van der Waals surface area contributed by atoms with Crippen LogP contribution in [0.1, 0.15) is 49.5 Å². The number of nitrogens with one attached hydrogen (secondary N) is 1. The molecule has 1 aromatic rings. The molecule has 2 atom stereocenters. The third kappa shape index (κ3) is 3.78. The predicted octanol–water partition coefficient (Wildman–Crippen LogP) is 2.15. The summed E-state index contributed by atoms with van der Waals surface area (Å²) in [6.07, 6.45) is 3.39. The summed E-state index contributed by atoms with van der Waals surface area (Å²) in [5.74, 6) is -0.111. The second-order valence-corrected chi connectivity index (χ2v) is 5.94. The van der Waals surface area contributed by atoms with Crippen molar-refractivity contribution in [1.29, 1.82) is 0 Å². The monoisotopic (exact) mass is 255 g/mol. The summed E-state index contributed by atoms with van der Waals surface area (Å²) >= 11 is 1.60. The molecule has 1 heterocycles. The molecule has 2 unspecified atom stereocenters. The molecule has 0 fully saturated rings. The van der Waals surface area contributed by atoms with Crippen LogP contribution >= 0.6 is 11.3 Å². The summed E-state index contributed by atoms with van der Waals surface area (Å²) in [5.41, 5.74) is 5.18. The van der Waals surface area contributed by atoms with E-state index in [0.717, 1.165) is 16.3 Å². The Labute approximate surface area is 107 Å². The van der Waals surface area contributed by atoms with Crippen LogP contribution in [-0.2, 0) is 4.79 Å². The third-order valence-corrected chi connectivity index (χ3v) is 3.74. The van der Waals surface area contributed by atoms with Gasteiger partial charge in [0.05, 0.1) is 11.6 Å². The molecule has 96 valence electrons. The zero-order valence-electron chi connectivity index (χ0n) is 10.9. The van der Waals surface area contributed by atoms with Crippen LogP contribution in [-0.4, -0.2) is 16.4 Å². The fourth-order valence-corrected chi connectivity index (χ4v) is 2.40. The van der Waals surface area contributed by atoms with Crippen LogP contribution in [0.2, 0.25) is 0 Å². The topological polar surface area (TPSA) is 68.0 Å². The summed E-state index contributed by atoms with van der Waals surface area (Å²) in [5, 5.41) is 3.84. The molecule has 0 saturated heterocycles. The molecule has 1 aromatic heterocycles. The Morgan fingerprint density at radius 1 is 1.71 bits per heavy atom. The molecule has 0 aromatic carbocycles. The summed E-state index contributed by atoms with van der Waals surface area (Å²) in [7, 11) is 0. The van der Waals surface area contributed by atoms with Crippen LogP contribution in [0.4, 0.5) is 0 Å². The minimum absolute atomic E-state index is 0.0825.